The van der Waals surface area contributed by atoms with Crippen molar-refractivity contribution in [3.05, 3.63) is 54.6 Å². The first-order valence-electron chi connectivity index (χ1n) is 4.19. The topological polar surface area (TPSA) is 22.1 Å². The molecule has 0 aliphatic carbocycles. The predicted molar refractivity (Wildman–Crippen MR) is 50.7 cm³/mol. The lowest BCUT2D eigenvalue weighted by molar-refractivity contribution is 0.474. The monoisotopic (exact) mass is 189 g/mol. The fourth-order valence-corrected chi connectivity index (χ4v) is 1.05. The second-order valence-corrected chi connectivity index (χ2v) is 2.73. The summed E-state index contributed by atoms with van der Waals surface area (Å²) in [4.78, 5) is 3.48. The van der Waals surface area contributed by atoms with Crippen LogP contribution in [0, 0.1) is 5.95 Å². The van der Waals surface area contributed by atoms with E-state index in [1.54, 1.807) is 0 Å². The van der Waals surface area contributed by atoms with Crippen LogP contribution in [-0.4, -0.2) is 4.98 Å². The molecule has 0 atom stereocenters. The summed E-state index contributed by atoms with van der Waals surface area (Å²) in [5.74, 6) is 0.726. The van der Waals surface area contributed by atoms with Crippen molar-refractivity contribution in [3.63, 3.8) is 0 Å². The first-order chi connectivity index (χ1) is 6.84. The van der Waals surface area contributed by atoms with Crippen molar-refractivity contribution in [2.75, 3.05) is 0 Å². The van der Waals surface area contributed by atoms with Crippen LogP contribution in [0.5, 0.6) is 11.5 Å². The van der Waals surface area contributed by atoms with E-state index < -0.39 is 5.95 Å². The van der Waals surface area contributed by atoms with Crippen LogP contribution < -0.4 is 4.74 Å². The predicted octanol–water partition coefficient (Wildman–Crippen LogP) is 3.01. The van der Waals surface area contributed by atoms with E-state index >= 15 is 0 Å². The van der Waals surface area contributed by atoms with Crippen LogP contribution in [0.25, 0.3) is 0 Å². The third kappa shape index (κ3) is 2.07. The lowest BCUT2D eigenvalue weighted by Crippen LogP contribution is -1.86. The van der Waals surface area contributed by atoms with E-state index in [9.17, 15) is 4.39 Å². The van der Waals surface area contributed by atoms with Gasteiger partial charge in [-0.05, 0) is 24.3 Å². The maximum Gasteiger partial charge on any atom is 0.213 e. The van der Waals surface area contributed by atoms with E-state index in [4.69, 9.17) is 4.74 Å². The van der Waals surface area contributed by atoms with Crippen LogP contribution >= 0.6 is 0 Å². The second kappa shape index (κ2) is 3.87. The molecule has 0 bridgehead atoms. The molecule has 0 saturated carbocycles. The summed E-state index contributed by atoms with van der Waals surface area (Å²) in [5, 5.41) is 0. The maximum atomic E-state index is 12.5. The average molecular weight is 189 g/mol. The molecular formula is C11H8FNO. The lowest BCUT2D eigenvalue weighted by Gasteiger charge is -2.03. The standard InChI is InChI=1S/C11H8FNO/c12-11-7-6-10(8-13-11)14-9-4-2-1-3-5-9/h1-8H. The molecule has 0 unspecified atom stereocenters. The number of hydrogen-bond acceptors (Lipinski definition) is 2. The summed E-state index contributed by atoms with van der Waals surface area (Å²) >= 11 is 0. The van der Waals surface area contributed by atoms with E-state index in [2.05, 4.69) is 4.98 Å². The van der Waals surface area contributed by atoms with Crippen molar-refractivity contribution in [2.24, 2.45) is 0 Å². The smallest absolute Gasteiger partial charge is 0.213 e. The van der Waals surface area contributed by atoms with Gasteiger partial charge in [-0.2, -0.15) is 4.39 Å². The minimum absolute atomic E-state index is 0.509. The second-order valence-electron chi connectivity index (χ2n) is 2.73. The lowest BCUT2D eigenvalue weighted by atomic mass is 10.3. The number of rotatable bonds is 2. The molecule has 0 radical (unpaired) electrons. The van der Waals surface area contributed by atoms with Crippen LogP contribution in [0.3, 0.4) is 0 Å². The number of hydrogen-bond donors (Lipinski definition) is 0. The Morgan fingerprint density at radius 3 is 2.36 bits per heavy atom. The van der Waals surface area contributed by atoms with Gasteiger partial charge in [0, 0.05) is 0 Å². The molecule has 0 aliphatic rings. The molecule has 0 aliphatic heterocycles. The van der Waals surface area contributed by atoms with E-state index in [0.29, 0.717) is 11.5 Å². The van der Waals surface area contributed by atoms with Gasteiger partial charge in [0.15, 0.2) is 0 Å². The molecule has 2 nitrogen and oxygen atoms in total. The van der Waals surface area contributed by atoms with Gasteiger partial charge in [0.25, 0.3) is 0 Å². The van der Waals surface area contributed by atoms with Crippen molar-refractivity contribution in [1.29, 1.82) is 0 Å². The van der Waals surface area contributed by atoms with E-state index in [0.717, 1.165) is 0 Å². The van der Waals surface area contributed by atoms with Gasteiger partial charge in [-0.1, -0.05) is 18.2 Å². The third-order valence-corrected chi connectivity index (χ3v) is 1.68. The molecule has 3 heteroatoms. The van der Waals surface area contributed by atoms with Gasteiger partial charge in [0.1, 0.15) is 11.5 Å². The molecule has 0 saturated heterocycles. The molecule has 0 amide bonds. The Balaban J connectivity index is 2.16. The fourth-order valence-electron chi connectivity index (χ4n) is 1.05. The van der Waals surface area contributed by atoms with Crippen molar-refractivity contribution in [1.82, 2.24) is 4.98 Å². The van der Waals surface area contributed by atoms with Crippen LogP contribution in [0.15, 0.2) is 48.7 Å². The number of nitrogens with zero attached hydrogens (tertiary/aromatic N) is 1. The van der Waals surface area contributed by atoms with E-state index in [1.165, 1.54) is 18.3 Å². The Labute approximate surface area is 81.0 Å². The molecule has 0 spiro atoms. The Hall–Kier alpha value is -1.90. The van der Waals surface area contributed by atoms with Gasteiger partial charge in [0.05, 0.1) is 6.20 Å². The number of halogens is 1. The van der Waals surface area contributed by atoms with Crippen LogP contribution in [0.1, 0.15) is 0 Å². The van der Waals surface area contributed by atoms with E-state index in [1.807, 2.05) is 30.3 Å². The minimum Gasteiger partial charge on any atom is -0.456 e. The first kappa shape index (κ1) is 8.69. The summed E-state index contributed by atoms with van der Waals surface area (Å²) in [7, 11) is 0. The highest BCUT2D eigenvalue weighted by Crippen LogP contribution is 2.19. The Bertz CT molecular complexity index is 399. The summed E-state index contributed by atoms with van der Waals surface area (Å²) in [6, 6.07) is 12.1. The molecule has 1 aromatic carbocycles. The van der Waals surface area contributed by atoms with Gasteiger partial charge in [-0.3, -0.25) is 0 Å². The average Bonchev–Trinajstić information content (AvgIpc) is 2.23. The molecule has 70 valence electrons. The van der Waals surface area contributed by atoms with Crippen molar-refractivity contribution in [2.45, 2.75) is 0 Å². The van der Waals surface area contributed by atoms with Crippen molar-refractivity contribution < 1.29 is 9.13 Å². The molecule has 2 aromatic rings. The summed E-state index contributed by atoms with van der Waals surface area (Å²) < 4.78 is 17.9. The van der Waals surface area contributed by atoms with Gasteiger partial charge in [-0.15, -0.1) is 0 Å². The number of benzene rings is 1. The van der Waals surface area contributed by atoms with Gasteiger partial charge < -0.3 is 4.74 Å². The fraction of sp³-hybridized carbons (Fsp3) is 0. The number of pyridine rings is 1. The van der Waals surface area contributed by atoms with Crippen LogP contribution in [0.4, 0.5) is 4.39 Å². The molecular weight excluding hydrogens is 181 g/mol. The Morgan fingerprint density at radius 2 is 1.71 bits per heavy atom. The van der Waals surface area contributed by atoms with Crippen LogP contribution in [0.2, 0.25) is 0 Å². The molecule has 1 heterocycles. The highest BCUT2D eigenvalue weighted by molar-refractivity contribution is 5.28. The number of ether oxygens (including phenoxy) is 1. The highest BCUT2D eigenvalue weighted by atomic mass is 19.1. The third-order valence-electron chi connectivity index (χ3n) is 1.68. The van der Waals surface area contributed by atoms with Crippen molar-refractivity contribution in [3.8, 4) is 11.5 Å². The van der Waals surface area contributed by atoms with Gasteiger partial charge >= 0.3 is 0 Å². The summed E-state index contributed by atoms with van der Waals surface area (Å²) in [6.45, 7) is 0. The Kier molecular flexibility index (Phi) is 2.40. The summed E-state index contributed by atoms with van der Waals surface area (Å²) in [6.07, 6.45) is 1.35. The van der Waals surface area contributed by atoms with Gasteiger partial charge in [-0.25, -0.2) is 4.98 Å². The number of aromatic nitrogens is 1. The summed E-state index contributed by atoms with van der Waals surface area (Å²) in [5.41, 5.74) is 0. The first-order valence-corrected chi connectivity index (χ1v) is 4.19. The Morgan fingerprint density at radius 1 is 0.929 bits per heavy atom. The molecule has 14 heavy (non-hydrogen) atoms. The van der Waals surface area contributed by atoms with E-state index in [-0.39, 0.29) is 0 Å². The van der Waals surface area contributed by atoms with Gasteiger partial charge in [0.2, 0.25) is 5.95 Å². The molecule has 1 aromatic heterocycles. The maximum absolute atomic E-state index is 12.5. The largest absolute Gasteiger partial charge is 0.456 e. The molecule has 0 fully saturated rings. The normalized spacial score (nSPS) is 9.79. The minimum atomic E-state index is -0.509. The molecule has 0 N–H and O–H groups in total. The highest BCUT2D eigenvalue weighted by Gasteiger charge is 1.96. The quantitative estimate of drug-likeness (QED) is 0.677. The zero-order valence-corrected chi connectivity index (χ0v) is 7.35. The zero-order chi connectivity index (χ0) is 9.80. The zero-order valence-electron chi connectivity index (χ0n) is 7.35. The molecule has 2 rings (SSSR count). The van der Waals surface area contributed by atoms with Crippen LogP contribution in [-0.2, 0) is 0 Å². The SMILES string of the molecule is Fc1ccc(Oc2ccccc2)cn1. The number of para-hydroxylation sites is 1. The van der Waals surface area contributed by atoms with Crippen molar-refractivity contribution >= 4 is 0 Å².